The molecule has 6 heteroatoms. The van der Waals surface area contributed by atoms with Gasteiger partial charge in [-0.05, 0) is 24.5 Å². The number of anilines is 1. The molecule has 0 bridgehead atoms. The fraction of sp³-hybridized carbons (Fsp3) is 0.500. The van der Waals surface area contributed by atoms with Crippen LogP contribution in [0.25, 0.3) is 5.65 Å². The fourth-order valence-electron chi connectivity index (χ4n) is 2.65. The van der Waals surface area contributed by atoms with Gasteiger partial charge in [0.2, 0.25) is 11.9 Å². The molecule has 2 aromatic heterocycles. The normalized spacial score (nSPS) is 16.4. The van der Waals surface area contributed by atoms with Gasteiger partial charge < -0.3 is 5.11 Å². The van der Waals surface area contributed by atoms with Crippen molar-refractivity contribution in [3.05, 3.63) is 23.9 Å². The number of aliphatic hydroxyl groups excluding tert-OH is 1. The minimum atomic E-state index is -0.0421. The number of fused-ring (bicyclic) bond motifs is 1. The lowest BCUT2D eigenvalue weighted by molar-refractivity contribution is -0.120. The number of nitrogens with one attached hydrogen (secondary N) is 1. The van der Waals surface area contributed by atoms with Gasteiger partial charge >= 0.3 is 0 Å². The number of rotatable bonds is 3. The maximum atomic E-state index is 12.1. The molecule has 1 aliphatic carbocycles. The van der Waals surface area contributed by atoms with Gasteiger partial charge in [0.05, 0.1) is 6.61 Å². The van der Waals surface area contributed by atoms with Gasteiger partial charge in [0.25, 0.3) is 0 Å². The van der Waals surface area contributed by atoms with Crippen molar-refractivity contribution in [2.75, 3.05) is 5.32 Å². The Kier molecular flexibility index (Phi) is 3.64. The van der Waals surface area contributed by atoms with E-state index in [2.05, 4.69) is 15.4 Å². The van der Waals surface area contributed by atoms with E-state index in [4.69, 9.17) is 5.11 Å². The van der Waals surface area contributed by atoms with Crippen molar-refractivity contribution in [3.63, 3.8) is 0 Å². The molecule has 2 N–H and O–H groups in total. The smallest absolute Gasteiger partial charge is 0.249 e. The molecule has 0 aromatic carbocycles. The second-order valence-electron chi connectivity index (χ2n) is 5.26. The number of aliphatic hydroxyl groups is 1. The minimum absolute atomic E-state index is 0.0167. The molecule has 6 nitrogen and oxygen atoms in total. The van der Waals surface area contributed by atoms with Crippen molar-refractivity contribution in [1.29, 1.82) is 0 Å². The SMILES string of the molecule is O=C(Nc1nc2ccc(CO)cn2n1)C1CCCCC1. The molecule has 3 rings (SSSR count). The van der Waals surface area contributed by atoms with Gasteiger partial charge in [0.1, 0.15) is 0 Å². The Morgan fingerprint density at radius 2 is 2.15 bits per heavy atom. The molecule has 20 heavy (non-hydrogen) atoms. The summed E-state index contributed by atoms with van der Waals surface area (Å²) in [4.78, 5) is 16.4. The standard InChI is InChI=1S/C14H18N4O2/c19-9-10-6-7-12-15-14(17-18(12)8-10)16-13(20)11-4-2-1-3-5-11/h6-8,11,19H,1-5,9H2,(H,16,17,20). The molecule has 0 aliphatic heterocycles. The second kappa shape index (κ2) is 5.58. The molecule has 0 unspecified atom stereocenters. The van der Waals surface area contributed by atoms with E-state index in [1.807, 2.05) is 0 Å². The van der Waals surface area contributed by atoms with Crippen LogP contribution < -0.4 is 5.32 Å². The highest BCUT2D eigenvalue weighted by Gasteiger charge is 2.22. The molecule has 1 saturated carbocycles. The zero-order valence-corrected chi connectivity index (χ0v) is 11.2. The van der Waals surface area contributed by atoms with Crippen LogP contribution in [0.5, 0.6) is 0 Å². The zero-order valence-electron chi connectivity index (χ0n) is 11.2. The summed E-state index contributed by atoms with van der Waals surface area (Å²) in [5.41, 5.74) is 1.41. The number of amides is 1. The van der Waals surface area contributed by atoms with E-state index in [1.165, 1.54) is 6.42 Å². The molecule has 0 spiro atoms. The van der Waals surface area contributed by atoms with Gasteiger partial charge in [-0.15, -0.1) is 5.10 Å². The Labute approximate surface area is 116 Å². The van der Waals surface area contributed by atoms with Crippen LogP contribution in [0.15, 0.2) is 18.3 Å². The van der Waals surface area contributed by atoms with Crippen molar-refractivity contribution in [3.8, 4) is 0 Å². The molecule has 1 aliphatic rings. The minimum Gasteiger partial charge on any atom is -0.392 e. The maximum Gasteiger partial charge on any atom is 0.249 e. The van der Waals surface area contributed by atoms with E-state index >= 15 is 0 Å². The second-order valence-corrected chi connectivity index (χ2v) is 5.26. The molecule has 1 amide bonds. The Balaban J connectivity index is 1.75. The van der Waals surface area contributed by atoms with E-state index < -0.39 is 0 Å². The Hall–Kier alpha value is -1.95. The Morgan fingerprint density at radius 1 is 1.35 bits per heavy atom. The number of hydrogen-bond acceptors (Lipinski definition) is 4. The van der Waals surface area contributed by atoms with Crippen molar-refractivity contribution < 1.29 is 9.90 Å². The van der Waals surface area contributed by atoms with Crippen LogP contribution in [0.2, 0.25) is 0 Å². The molecule has 106 valence electrons. The maximum absolute atomic E-state index is 12.1. The third-order valence-electron chi connectivity index (χ3n) is 3.79. The van der Waals surface area contributed by atoms with E-state index in [9.17, 15) is 4.79 Å². The third kappa shape index (κ3) is 2.65. The predicted octanol–water partition coefficient (Wildman–Crippen LogP) is 1.74. The lowest BCUT2D eigenvalue weighted by atomic mass is 9.89. The summed E-state index contributed by atoms with van der Waals surface area (Å²) in [5, 5.41) is 16.1. The first-order valence-corrected chi connectivity index (χ1v) is 7.03. The van der Waals surface area contributed by atoms with Crippen LogP contribution in [0, 0.1) is 5.92 Å². The van der Waals surface area contributed by atoms with Crippen molar-refractivity contribution in [2.24, 2.45) is 5.92 Å². The Morgan fingerprint density at radius 3 is 2.90 bits per heavy atom. The predicted molar refractivity (Wildman–Crippen MR) is 74.1 cm³/mol. The number of pyridine rings is 1. The summed E-state index contributed by atoms with van der Waals surface area (Å²) in [7, 11) is 0. The third-order valence-corrected chi connectivity index (χ3v) is 3.79. The molecule has 2 aromatic rings. The van der Waals surface area contributed by atoms with Crippen LogP contribution in [0.3, 0.4) is 0 Å². The van der Waals surface area contributed by atoms with Crippen LogP contribution in [0.1, 0.15) is 37.7 Å². The quantitative estimate of drug-likeness (QED) is 0.893. The summed E-state index contributed by atoms with van der Waals surface area (Å²) < 4.78 is 1.57. The molecule has 0 radical (unpaired) electrons. The lowest BCUT2D eigenvalue weighted by Crippen LogP contribution is -2.25. The highest BCUT2D eigenvalue weighted by atomic mass is 16.3. The van der Waals surface area contributed by atoms with Gasteiger partial charge in [0, 0.05) is 12.1 Å². The van der Waals surface area contributed by atoms with E-state index in [1.54, 1.807) is 22.8 Å². The van der Waals surface area contributed by atoms with E-state index in [0.29, 0.717) is 11.6 Å². The number of carbonyl (C=O) groups is 1. The highest BCUT2D eigenvalue weighted by molar-refractivity contribution is 5.91. The molecule has 0 saturated heterocycles. The number of carbonyl (C=O) groups excluding carboxylic acids is 1. The lowest BCUT2D eigenvalue weighted by Gasteiger charge is -2.19. The Bertz CT molecular complexity index is 617. The fourth-order valence-corrected chi connectivity index (χ4v) is 2.65. The largest absolute Gasteiger partial charge is 0.392 e. The summed E-state index contributed by atoms with van der Waals surface area (Å²) in [6, 6.07) is 3.56. The number of aromatic nitrogens is 3. The van der Waals surface area contributed by atoms with Gasteiger partial charge in [-0.25, -0.2) is 4.52 Å². The zero-order chi connectivity index (χ0) is 13.9. The molecular weight excluding hydrogens is 256 g/mol. The molecular formula is C14H18N4O2. The van der Waals surface area contributed by atoms with Crippen molar-refractivity contribution >= 4 is 17.5 Å². The van der Waals surface area contributed by atoms with Gasteiger partial charge in [-0.2, -0.15) is 4.98 Å². The van der Waals surface area contributed by atoms with Crippen LogP contribution in [-0.4, -0.2) is 25.6 Å². The van der Waals surface area contributed by atoms with Gasteiger partial charge in [0.15, 0.2) is 5.65 Å². The summed E-state index contributed by atoms with van der Waals surface area (Å²) in [6.07, 6.45) is 7.08. The van der Waals surface area contributed by atoms with Gasteiger partial charge in [-0.3, -0.25) is 10.1 Å². The van der Waals surface area contributed by atoms with Gasteiger partial charge in [-0.1, -0.05) is 25.3 Å². The monoisotopic (exact) mass is 274 g/mol. The van der Waals surface area contributed by atoms with Crippen LogP contribution in [-0.2, 0) is 11.4 Å². The van der Waals surface area contributed by atoms with E-state index in [0.717, 1.165) is 31.2 Å². The average Bonchev–Trinajstić information content (AvgIpc) is 2.89. The van der Waals surface area contributed by atoms with Crippen LogP contribution >= 0.6 is 0 Å². The first kappa shape index (κ1) is 13.1. The van der Waals surface area contributed by atoms with Crippen LogP contribution in [0.4, 0.5) is 5.95 Å². The summed E-state index contributed by atoms with van der Waals surface area (Å²) in [6.45, 7) is -0.0421. The molecule has 2 heterocycles. The van der Waals surface area contributed by atoms with E-state index in [-0.39, 0.29) is 18.4 Å². The first-order chi connectivity index (χ1) is 9.76. The highest BCUT2D eigenvalue weighted by Crippen LogP contribution is 2.24. The summed E-state index contributed by atoms with van der Waals surface area (Å²) >= 11 is 0. The number of hydrogen-bond donors (Lipinski definition) is 2. The first-order valence-electron chi connectivity index (χ1n) is 7.03. The summed E-state index contributed by atoms with van der Waals surface area (Å²) in [5.74, 6) is 0.432. The number of nitrogens with zero attached hydrogens (tertiary/aromatic N) is 3. The van der Waals surface area contributed by atoms with Crippen molar-refractivity contribution in [1.82, 2.24) is 14.6 Å². The average molecular weight is 274 g/mol. The topological polar surface area (TPSA) is 79.5 Å². The molecule has 1 fully saturated rings. The molecule has 0 atom stereocenters. The van der Waals surface area contributed by atoms with Crippen molar-refractivity contribution in [2.45, 2.75) is 38.7 Å².